The molecule has 1 aliphatic carbocycles. The monoisotopic (exact) mass is 233 g/mol. The summed E-state index contributed by atoms with van der Waals surface area (Å²) in [4.78, 5) is 25.1. The van der Waals surface area contributed by atoms with E-state index in [2.05, 4.69) is 15.0 Å². The highest BCUT2D eigenvalue weighted by Gasteiger charge is 2.29. The largest absolute Gasteiger partial charge is 0.287 e. The number of hydrogen-bond donors (Lipinski definition) is 0. The second kappa shape index (κ2) is 3.20. The minimum Gasteiger partial charge on any atom is -0.287 e. The number of pyridine rings is 1. The minimum atomic E-state index is -0.0566. The summed E-state index contributed by atoms with van der Waals surface area (Å²) in [6, 6.07) is 9.27. The summed E-state index contributed by atoms with van der Waals surface area (Å²) in [6.45, 7) is 0. The molecule has 4 nitrogen and oxygen atoms in total. The van der Waals surface area contributed by atoms with Gasteiger partial charge in [0.1, 0.15) is 16.9 Å². The van der Waals surface area contributed by atoms with E-state index in [4.69, 9.17) is 0 Å². The van der Waals surface area contributed by atoms with Crippen LogP contribution in [0.2, 0.25) is 0 Å². The van der Waals surface area contributed by atoms with Crippen molar-refractivity contribution in [2.45, 2.75) is 0 Å². The van der Waals surface area contributed by atoms with E-state index in [1.165, 1.54) is 0 Å². The number of fused-ring (bicyclic) bond motifs is 4. The third-order valence-electron chi connectivity index (χ3n) is 3.11. The maximum Gasteiger partial charge on any atom is 0.214 e. The quantitative estimate of drug-likeness (QED) is 0.467. The topological polar surface area (TPSA) is 55.7 Å². The van der Waals surface area contributed by atoms with Crippen molar-refractivity contribution in [3.63, 3.8) is 0 Å². The molecular formula is C14H7N3O. The Morgan fingerprint density at radius 3 is 2.50 bits per heavy atom. The van der Waals surface area contributed by atoms with Crippen molar-refractivity contribution in [2.24, 2.45) is 0 Å². The molecule has 0 aliphatic heterocycles. The van der Waals surface area contributed by atoms with Gasteiger partial charge in [0, 0.05) is 17.3 Å². The number of rotatable bonds is 0. The van der Waals surface area contributed by atoms with Gasteiger partial charge in [-0.2, -0.15) is 0 Å². The van der Waals surface area contributed by atoms with Crippen LogP contribution in [-0.4, -0.2) is 20.7 Å². The molecule has 84 valence electrons. The van der Waals surface area contributed by atoms with E-state index in [0.29, 0.717) is 22.5 Å². The van der Waals surface area contributed by atoms with Crippen LogP contribution < -0.4 is 0 Å². The fourth-order valence-electron chi connectivity index (χ4n) is 2.27. The zero-order valence-corrected chi connectivity index (χ0v) is 9.29. The first-order chi connectivity index (χ1) is 8.84. The number of carbonyl (C=O) groups excluding carboxylic acids is 1. The molecule has 1 aliphatic rings. The normalized spacial score (nSPS) is 12.6. The molecule has 18 heavy (non-hydrogen) atoms. The van der Waals surface area contributed by atoms with Crippen molar-refractivity contribution in [3.8, 4) is 11.3 Å². The van der Waals surface area contributed by atoms with Gasteiger partial charge in [0.2, 0.25) is 5.78 Å². The fraction of sp³-hybridized carbons (Fsp3) is 0. The van der Waals surface area contributed by atoms with Crippen LogP contribution in [0, 0.1) is 0 Å². The SMILES string of the molecule is O=C1c2ccccc2-c2nc3ccncc3nc21. The maximum absolute atomic E-state index is 12.2. The van der Waals surface area contributed by atoms with Crippen molar-refractivity contribution in [2.75, 3.05) is 0 Å². The van der Waals surface area contributed by atoms with Crippen LogP contribution in [-0.2, 0) is 0 Å². The third-order valence-corrected chi connectivity index (χ3v) is 3.11. The van der Waals surface area contributed by atoms with Crippen molar-refractivity contribution in [3.05, 3.63) is 54.0 Å². The molecule has 0 amide bonds. The molecule has 0 atom stereocenters. The predicted molar refractivity (Wildman–Crippen MR) is 66.2 cm³/mol. The second-order valence-corrected chi connectivity index (χ2v) is 4.16. The van der Waals surface area contributed by atoms with Gasteiger partial charge in [0.25, 0.3) is 0 Å². The fourth-order valence-corrected chi connectivity index (χ4v) is 2.27. The molecule has 0 N–H and O–H groups in total. The molecule has 0 saturated heterocycles. The molecule has 0 unspecified atom stereocenters. The van der Waals surface area contributed by atoms with Gasteiger partial charge in [-0.05, 0) is 6.07 Å². The Balaban J connectivity index is 2.14. The van der Waals surface area contributed by atoms with Crippen LogP contribution in [0.15, 0.2) is 42.7 Å². The van der Waals surface area contributed by atoms with Crippen LogP contribution in [0.25, 0.3) is 22.3 Å². The zero-order valence-electron chi connectivity index (χ0n) is 9.29. The van der Waals surface area contributed by atoms with Gasteiger partial charge >= 0.3 is 0 Å². The lowest BCUT2D eigenvalue weighted by Gasteiger charge is -2.00. The Labute approximate surface area is 102 Å². The van der Waals surface area contributed by atoms with Gasteiger partial charge in [-0.1, -0.05) is 24.3 Å². The summed E-state index contributed by atoms with van der Waals surface area (Å²) in [5.74, 6) is -0.0566. The summed E-state index contributed by atoms with van der Waals surface area (Å²) in [7, 11) is 0. The first-order valence-corrected chi connectivity index (χ1v) is 5.60. The summed E-state index contributed by atoms with van der Waals surface area (Å²) < 4.78 is 0. The van der Waals surface area contributed by atoms with E-state index < -0.39 is 0 Å². The minimum absolute atomic E-state index is 0.0566. The lowest BCUT2D eigenvalue weighted by molar-refractivity contribution is 0.103. The maximum atomic E-state index is 12.2. The molecule has 4 rings (SSSR count). The van der Waals surface area contributed by atoms with Gasteiger partial charge in [-0.15, -0.1) is 0 Å². The van der Waals surface area contributed by atoms with Crippen LogP contribution in [0.5, 0.6) is 0 Å². The third kappa shape index (κ3) is 1.09. The first-order valence-electron chi connectivity index (χ1n) is 5.60. The molecular weight excluding hydrogens is 226 g/mol. The lowest BCUT2D eigenvalue weighted by Crippen LogP contribution is -2.00. The lowest BCUT2D eigenvalue weighted by atomic mass is 10.1. The van der Waals surface area contributed by atoms with Crippen molar-refractivity contribution >= 4 is 16.8 Å². The van der Waals surface area contributed by atoms with Gasteiger partial charge in [-0.25, -0.2) is 9.97 Å². The number of carbonyl (C=O) groups is 1. The van der Waals surface area contributed by atoms with E-state index in [-0.39, 0.29) is 5.78 Å². The average molecular weight is 233 g/mol. The summed E-state index contributed by atoms with van der Waals surface area (Å²) in [5.41, 5.74) is 4.05. The number of aromatic nitrogens is 3. The van der Waals surface area contributed by atoms with Crippen LogP contribution in [0.4, 0.5) is 0 Å². The molecule has 0 saturated carbocycles. The van der Waals surface area contributed by atoms with E-state index in [9.17, 15) is 4.79 Å². The van der Waals surface area contributed by atoms with E-state index >= 15 is 0 Å². The number of nitrogens with zero attached hydrogens (tertiary/aromatic N) is 3. The second-order valence-electron chi connectivity index (χ2n) is 4.16. The van der Waals surface area contributed by atoms with Crippen LogP contribution in [0.3, 0.4) is 0 Å². The van der Waals surface area contributed by atoms with Gasteiger partial charge < -0.3 is 0 Å². The zero-order chi connectivity index (χ0) is 12.1. The number of benzene rings is 1. The molecule has 1 aromatic carbocycles. The Hall–Kier alpha value is -2.62. The summed E-state index contributed by atoms with van der Waals surface area (Å²) in [6.07, 6.45) is 3.30. The molecule has 2 heterocycles. The Morgan fingerprint density at radius 1 is 0.833 bits per heavy atom. The number of hydrogen-bond acceptors (Lipinski definition) is 4. The molecule has 0 fully saturated rings. The van der Waals surface area contributed by atoms with Gasteiger partial charge in [0.15, 0.2) is 0 Å². The van der Waals surface area contributed by atoms with Gasteiger partial charge in [0.05, 0.1) is 11.7 Å². The molecule has 0 spiro atoms. The van der Waals surface area contributed by atoms with E-state index in [0.717, 1.165) is 11.1 Å². The van der Waals surface area contributed by atoms with Gasteiger partial charge in [-0.3, -0.25) is 9.78 Å². The van der Waals surface area contributed by atoms with Crippen molar-refractivity contribution in [1.82, 2.24) is 15.0 Å². The molecule has 0 radical (unpaired) electrons. The molecule has 0 bridgehead atoms. The number of ketones is 1. The molecule has 3 aromatic rings. The van der Waals surface area contributed by atoms with Crippen LogP contribution >= 0.6 is 0 Å². The predicted octanol–water partition coefficient (Wildman–Crippen LogP) is 2.24. The van der Waals surface area contributed by atoms with E-state index in [1.54, 1.807) is 18.5 Å². The van der Waals surface area contributed by atoms with Crippen molar-refractivity contribution < 1.29 is 4.79 Å². The summed E-state index contributed by atoms with van der Waals surface area (Å²) >= 11 is 0. The Morgan fingerprint density at radius 2 is 1.61 bits per heavy atom. The van der Waals surface area contributed by atoms with Crippen molar-refractivity contribution in [1.29, 1.82) is 0 Å². The first kappa shape index (κ1) is 9.41. The van der Waals surface area contributed by atoms with E-state index in [1.807, 2.05) is 24.3 Å². The standard InChI is InChI=1S/C14H7N3O/c18-14-9-4-2-1-3-8(9)12-13(14)17-11-7-15-6-5-10(11)16-12/h1-7H. The summed E-state index contributed by atoms with van der Waals surface area (Å²) in [5, 5.41) is 0. The average Bonchev–Trinajstić information content (AvgIpc) is 2.71. The highest BCUT2D eigenvalue weighted by atomic mass is 16.1. The molecule has 2 aromatic heterocycles. The highest BCUT2D eigenvalue weighted by Crippen LogP contribution is 2.34. The Kier molecular flexibility index (Phi) is 1.67. The van der Waals surface area contributed by atoms with Crippen LogP contribution in [0.1, 0.15) is 16.1 Å². The Bertz CT molecular complexity index is 811. The molecule has 4 heteroatoms. The highest BCUT2D eigenvalue weighted by molar-refractivity contribution is 6.20. The smallest absolute Gasteiger partial charge is 0.214 e.